The van der Waals surface area contributed by atoms with Gasteiger partial charge in [-0.05, 0) is 36.6 Å². The molecule has 0 aromatic heterocycles. The predicted molar refractivity (Wildman–Crippen MR) is 95.6 cm³/mol. The van der Waals surface area contributed by atoms with Crippen LogP contribution >= 0.6 is 0 Å². The second kappa shape index (κ2) is 9.78. The van der Waals surface area contributed by atoms with Crippen LogP contribution in [0.1, 0.15) is 52.5 Å². The Morgan fingerprint density at radius 3 is 2.57 bits per heavy atom. The number of aliphatic hydroxyl groups excluding tert-OH is 1. The van der Waals surface area contributed by atoms with Crippen molar-refractivity contribution in [2.24, 2.45) is 0 Å². The van der Waals surface area contributed by atoms with Gasteiger partial charge in [-0.1, -0.05) is 40.5 Å². The molecule has 0 saturated carbocycles. The van der Waals surface area contributed by atoms with Crippen LogP contribution in [0.4, 0.5) is 0 Å². The van der Waals surface area contributed by atoms with Crippen LogP contribution < -0.4 is 14.8 Å². The lowest BCUT2D eigenvalue weighted by Crippen LogP contribution is -2.32. The number of hydrogen-bond donors (Lipinski definition) is 2. The predicted octanol–water partition coefficient (Wildman–Crippen LogP) is 3.51. The van der Waals surface area contributed by atoms with Crippen molar-refractivity contribution in [1.29, 1.82) is 0 Å². The van der Waals surface area contributed by atoms with E-state index in [4.69, 9.17) is 9.47 Å². The van der Waals surface area contributed by atoms with E-state index in [0.29, 0.717) is 6.54 Å². The van der Waals surface area contributed by atoms with Crippen molar-refractivity contribution in [2.75, 3.05) is 26.8 Å². The molecule has 1 aromatic carbocycles. The summed E-state index contributed by atoms with van der Waals surface area (Å²) in [5.74, 6) is 1.63. The van der Waals surface area contributed by atoms with Crippen molar-refractivity contribution in [2.45, 2.75) is 58.5 Å². The first-order chi connectivity index (χ1) is 10.9. The Kier molecular flexibility index (Phi) is 8.42. The number of nitrogens with one attached hydrogen (secondary N) is 1. The summed E-state index contributed by atoms with van der Waals surface area (Å²) >= 11 is 0. The maximum Gasteiger partial charge on any atom is 0.123 e. The fraction of sp³-hybridized carbons (Fsp3) is 0.684. The van der Waals surface area contributed by atoms with Crippen molar-refractivity contribution in [3.05, 3.63) is 23.8 Å². The molecule has 0 fully saturated rings. The molecular formula is C19H33NO3. The van der Waals surface area contributed by atoms with Gasteiger partial charge >= 0.3 is 0 Å². The third kappa shape index (κ3) is 7.23. The summed E-state index contributed by atoms with van der Waals surface area (Å²) in [4.78, 5) is 0. The molecule has 132 valence electrons. The highest BCUT2D eigenvalue weighted by Gasteiger charge is 2.20. The molecule has 0 aliphatic rings. The van der Waals surface area contributed by atoms with Gasteiger partial charge < -0.3 is 19.9 Å². The Hall–Kier alpha value is -1.26. The molecule has 0 saturated heterocycles. The Morgan fingerprint density at radius 2 is 1.96 bits per heavy atom. The molecule has 1 rings (SSSR count). The average molecular weight is 323 g/mol. The highest BCUT2D eigenvalue weighted by Crippen LogP contribution is 2.34. The van der Waals surface area contributed by atoms with E-state index in [1.54, 1.807) is 7.11 Å². The molecule has 1 aromatic rings. The Balaban J connectivity index is 2.53. The lowest BCUT2D eigenvalue weighted by Gasteiger charge is -2.24. The molecule has 1 atom stereocenters. The van der Waals surface area contributed by atoms with Gasteiger partial charge in [0.25, 0.3) is 0 Å². The molecule has 0 aliphatic heterocycles. The lowest BCUT2D eigenvalue weighted by atomic mass is 9.86. The lowest BCUT2D eigenvalue weighted by molar-refractivity contribution is 0.105. The minimum Gasteiger partial charge on any atom is -0.497 e. The fourth-order valence-corrected chi connectivity index (χ4v) is 2.36. The van der Waals surface area contributed by atoms with Gasteiger partial charge in [-0.3, -0.25) is 0 Å². The summed E-state index contributed by atoms with van der Waals surface area (Å²) in [7, 11) is 1.66. The van der Waals surface area contributed by atoms with Crippen LogP contribution in [-0.4, -0.2) is 38.0 Å². The van der Waals surface area contributed by atoms with Crippen LogP contribution in [0.15, 0.2) is 18.2 Å². The SMILES string of the molecule is CCCCCNCC(O)COc1ccc(OC)cc1C(C)(C)C. The molecule has 2 N–H and O–H groups in total. The highest BCUT2D eigenvalue weighted by atomic mass is 16.5. The van der Waals surface area contributed by atoms with Crippen molar-refractivity contribution in [1.82, 2.24) is 5.32 Å². The third-order valence-electron chi connectivity index (χ3n) is 3.76. The van der Waals surface area contributed by atoms with E-state index in [2.05, 4.69) is 33.0 Å². The molecule has 4 nitrogen and oxygen atoms in total. The highest BCUT2D eigenvalue weighted by molar-refractivity contribution is 5.44. The van der Waals surface area contributed by atoms with Crippen molar-refractivity contribution < 1.29 is 14.6 Å². The molecule has 0 bridgehead atoms. The van der Waals surface area contributed by atoms with Gasteiger partial charge in [-0.2, -0.15) is 0 Å². The Morgan fingerprint density at radius 1 is 1.22 bits per heavy atom. The largest absolute Gasteiger partial charge is 0.497 e. The fourth-order valence-electron chi connectivity index (χ4n) is 2.36. The van der Waals surface area contributed by atoms with Crippen LogP contribution in [-0.2, 0) is 5.41 Å². The van der Waals surface area contributed by atoms with E-state index >= 15 is 0 Å². The van der Waals surface area contributed by atoms with E-state index in [1.807, 2.05) is 18.2 Å². The number of rotatable bonds is 10. The number of methoxy groups -OCH3 is 1. The number of aliphatic hydroxyl groups is 1. The zero-order chi connectivity index (χ0) is 17.3. The molecule has 0 amide bonds. The van der Waals surface area contributed by atoms with Crippen LogP contribution in [0.3, 0.4) is 0 Å². The van der Waals surface area contributed by atoms with Gasteiger partial charge in [0.15, 0.2) is 0 Å². The molecule has 0 heterocycles. The topological polar surface area (TPSA) is 50.7 Å². The number of hydrogen-bond acceptors (Lipinski definition) is 4. The van der Waals surface area contributed by atoms with E-state index in [1.165, 1.54) is 12.8 Å². The minimum atomic E-state index is -0.508. The van der Waals surface area contributed by atoms with Gasteiger partial charge in [0.05, 0.1) is 7.11 Å². The number of unbranched alkanes of at least 4 members (excludes halogenated alkanes) is 2. The van der Waals surface area contributed by atoms with Gasteiger partial charge in [-0.25, -0.2) is 0 Å². The summed E-state index contributed by atoms with van der Waals surface area (Å²) in [6, 6.07) is 5.81. The summed E-state index contributed by atoms with van der Waals surface area (Å²) in [6.45, 7) is 10.4. The van der Waals surface area contributed by atoms with E-state index in [0.717, 1.165) is 30.0 Å². The average Bonchev–Trinajstić information content (AvgIpc) is 2.51. The smallest absolute Gasteiger partial charge is 0.123 e. The van der Waals surface area contributed by atoms with E-state index in [9.17, 15) is 5.11 Å². The molecule has 0 aliphatic carbocycles. The standard InChI is InChI=1S/C19H33NO3/c1-6-7-8-11-20-13-15(21)14-23-18-10-9-16(22-5)12-17(18)19(2,3)4/h9-10,12,15,20-21H,6-8,11,13-14H2,1-5H3. The molecule has 1 unspecified atom stereocenters. The van der Waals surface area contributed by atoms with Crippen LogP contribution in [0.25, 0.3) is 0 Å². The minimum absolute atomic E-state index is 0.0484. The van der Waals surface area contributed by atoms with Crippen LogP contribution in [0, 0.1) is 0 Å². The van der Waals surface area contributed by atoms with Crippen LogP contribution in [0.5, 0.6) is 11.5 Å². The zero-order valence-corrected chi connectivity index (χ0v) is 15.3. The molecule has 23 heavy (non-hydrogen) atoms. The first-order valence-corrected chi connectivity index (χ1v) is 8.58. The van der Waals surface area contributed by atoms with E-state index in [-0.39, 0.29) is 12.0 Å². The first-order valence-electron chi connectivity index (χ1n) is 8.58. The van der Waals surface area contributed by atoms with Gasteiger partial charge in [0.1, 0.15) is 24.2 Å². The number of ether oxygens (including phenoxy) is 2. The molecular weight excluding hydrogens is 290 g/mol. The quantitative estimate of drug-likeness (QED) is 0.647. The van der Waals surface area contributed by atoms with Gasteiger partial charge in [0.2, 0.25) is 0 Å². The molecule has 0 spiro atoms. The maximum atomic E-state index is 10.0. The van der Waals surface area contributed by atoms with Crippen molar-refractivity contribution in [3.63, 3.8) is 0 Å². The number of benzene rings is 1. The Labute approximate surface area is 141 Å². The second-order valence-corrected chi connectivity index (χ2v) is 6.99. The summed E-state index contributed by atoms with van der Waals surface area (Å²) in [6.07, 6.45) is 3.07. The van der Waals surface area contributed by atoms with Crippen molar-refractivity contribution in [3.8, 4) is 11.5 Å². The summed E-state index contributed by atoms with van der Waals surface area (Å²) in [5.41, 5.74) is 1.03. The molecule has 0 radical (unpaired) electrons. The summed E-state index contributed by atoms with van der Waals surface area (Å²) < 4.78 is 11.2. The third-order valence-corrected chi connectivity index (χ3v) is 3.76. The van der Waals surface area contributed by atoms with E-state index < -0.39 is 6.10 Å². The maximum absolute atomic E-state index is 10.0. The summed E-state index contributed by atoms with van der Waals surface area (Å²) in [5, 5.41) is 13.3. The normalized spacial score (nSPS) is 13.0. The monoisotopic (exact) mass is 323 g/mol. The second-order valence-electron chi connectivity index (χ2n) is 6.99. The van der Waals surface area contributed by atoms with Crippen molar-refractivity contribution >= 4 is 0 Å². The van der Waals surface area contributed by atoms with Gasteiger partial charge in [0, 0.05) is 12.1 Å². The van der Waals surface area contributed by atoms with Gasteiger partial charge in [-0.15, -0.1) is 0 Å². The molecule has 4 heteroatoms. The zero-order valence-electron chi connectivity index (χ0n) is 15.3. The Bertz CT molecular complexity index is 454. The van der Waals surface area contributed by atoms with Crippen LogP contribution in [0.2, 0.25) is 0 Å². The first kappa shape index (κ1) is 19.8.